The lowest BCUT2D eigenvalue weighted by Crippen LogP contribution is -2.36. The van der Waals surface area contributed by atoms with Gasteiger partial charge in [-0.25, -0.2) is 0 Å². The highest BCUT2D eigenvalue weighted by molar-refractivity contribution is 8.02. The summed E-state index contributed by atoms with van der Waals surface area (Å²) >= 11 is 2.03. The minimum atomic E-state index is -0.524. The summed E-state index contributed by atoms with van der Waals surface area (Å²) in [5.74, 6) is 0. The van der Waals surface area contributed by atoms with E-state index >= 15 is 0 Å². The van der Waals surface area contributed by atoms with E-state index < -0.39 is 9.49 Å². The molecule has 6 aromatic rings. The predicted molar refractivity (Wildman–Crippen MR) is 185 cm³/mol. The molecule has 212 valence electrons. The largest absolute Gasteiger partial charge is 0.119 e. The maximum Gasteiger partial charge on any atom is 0.0922 e. The van der Waals surface area contributed by atoms with Crippen LogP contribution in [0, 0.1) is 0 Å². The van der Waals surface area contributed by atoms with Gasteiger partial charge in [-0.05, 0) is 57.3 Å². The lowest BCUT2D eigenvalue weighted by Gasteiger charge is -2.45. The van der Waals surface area contributed by atoms with Gasteiger partial charge in [-0.2, -0.15) is 0 Å². The van der Waals surface area contributed by atoms with Gasteiger partial charge in [0.15, 0.2) is 0 Å². The third-order valence-electron chi connectivity index (χ3n) is 8.56. The van der Waals surface area contributed by atoms with Gasteiger partial charge in [0.1, 0.15) is 0 Å². The summed E-state index contributed by atoms with van der Waals surface area (Å²) in [5, 5.41) is 0. The average Bonchev–Trinajstić information content (AvgIpc) is 3.11. The third-order valence-corrected chi connectivity index (χ3v) is 10.6. The van der Waals surface area contributed by atoms with Crippen LogP contribution in [-0.2, 0) is 22.3 Å². The van der Waals surface area contributed by atoms with Crippen LogP contribution in [0.2, 0.25) is 0 Å². The Kier molecular flexibility index (Phi) is 8.63. The molecule has 0 aromatic heterocycles. The van der Waals surface area contributed by atoms with E-state index in [4.69, 9.17) is 0 Å². The van der Waals surface area contributed by atoms with E-state index in [0.717, 1.165) is 12.8 Å². The fraction of sp³-hybridized carbons (Fsp3) is 0.143. The second kappa shape index (κ2) is 12.9. The number of hydrogen-bond acceptors (Lipinski definition) is 1. The molecular formula is C42H38S. The highest BCUT2D eigenvalue weighted by Crippen LogP contribution is 2.61. The molecule has 0 saturated carbocycles. The van der Waals surface area contributed by atoms with Gasteiger partial charge < -0.3 is 0 Å². The molecular weight excluding hydrogens is 537 g/mol. The molecule has 0 aliphatic carbocycles. The monoisotopic (exact) mass is 574 g/mol. The Morgan fingerprint density at radius 2 is 0.558 bits per heavy atom. The van der Waals surface area contributed by atoms with Crippen LogP contribution in [0.4, 0.5) is 0 Å². The van der Waals surface area contributed by atoms with Crippen molar-refractivity contribution in [2.45, 2.75) is 36.2 Å². The van der Waals surface area contributed by atoms with Crippen LogP contribution in [0.1, 0.15) is 58.4 Å². The molecule has 0 amide bonds. The summed E-state index contributed by atoms with van der Waals surface area (Å²) in [6, 6.07) is 62.9. The SMILES string of the molecule is CCc1ccc(C(SC(c2ccccc2)(c2ccccc2)c2ccc(CC)cc2)(c2ccccc2)c2ccccc2)cc1. The summed E-state index contributed by atoms with van der Waals surface area (Å²) in [6.07, 6.45) is 2.03. The zero-order valence-electron chi connectivity index (χ0n) is 25.0. The Labute approximate surface area is 261 Å². The fourth-order valence-corrected chi connectivity index (χ4v) is 8.21. The third kappa shape index (κ3) is 5.46. The van der Waals surface area contributed by atoms with Crippen LogP contribution in [0.3, 0.4) is 0 Å². The van der Waals surface area contributed by atoms with Crippen LogP contribution in [0.15, 0.2) is 170 Å². The van der Waals surface area contributed by atoms with Gasteiger partial charge in [0.25, 0.3) is 0 Å². The van der Waals surface area contributed by atoms with E-state index in [0.29, 0.717) is 0 Å². The summed E-state index contributed by atoms with van der Waals surface area (Å²) in [4.78, 5) is 0. The smallest absolute Gasteiger partial charge is 0.0922 e. The molecule has 0 unspecified atom stereocenters. The molecule has 0 nitrogen and oxygen atoms in total. The van der Waals surface area contributed by atoms with Gasteiger partial charge in [-0.15, -0.1) is 11.8 Å². The lowest BCUT2D eigenvalue weighted by molar-refractivity contribution is 0.830. The van der Waals surface area contributed by atoms with E-state index in [-0.39, 0.29) is 0 Å². The van der Waals surface area contributed by atoms with Crippen LogP contribution in [0.5, 0.6) is 0 Å². The molecule has 43 heavy (non-hydrogen) atoms. The summed E-state index contributed by atoms with van der Waals surface area (Å²) in [7, 11) is 0. The normalized spacial score (nSPS) is 11.8. The first-order valence-corrected chi connectivity index (χ1v) is 16.1. The molecule has 0 radical (unpaired) electrons. The van der Waals surface area contributed by atoms with E-state index in [1.165, 1.54) is 44.5 Å². The molecule has 0 saturated heterocycles. The molecule has 0 aliphatic heterocycles. The molecule has 0 fully saturated rings. The predicted octanol–water partition coefficient (Wildman–Crippen LogP) is 10.8. The molecule has 0 heterocycles. The minimum Gasteiger partial charge on any atom is -0.119 e. The van der Waals surface area contributed by atoms with Crippen LogP contribution < -0.4 is 0 Å². The number of aryl methyl sites for hydroxylation is 2. The molecule has 0 atom stereocenters. The van der Waals surface area contributed by atoms with E-state index in [2.05, 4.69) is 184 Å². The highest BCUT2D eigenvalue weighted by atomic mass is 32.2. The van der Waals surface area contributed by atoms with Crippen LogP contribution in [0.25, 0.3) is 0 Å². The molecule has 0 bridgehead atoms. The van der Waals surface area contributed by atoms with Crippen LogP contribution >= 0.6 is 11.8 Å². The molecule has 0 N–H and O–H groups in total. The molecule has 6 aromatic carbocycles. The zero-order valence-corrected chi connectivity index (χ0v) is 25.8. The Balaban J connectivity index is 1.75. The van der Waals surface area contributed by atoms with Gasteiger partial charge in [-0.1, -0.05) is 184 Å². The van der Waals surface area contributed by atoms with Crippen molar-refractivity contribution in [1.29, 1.82) is 0 Å². The van der Waals surface area contributed by atoms with Crippen molar-refractivity contribution in [3.8, 4) is 0 Å². The molecule has 1 heteroatoms. The van der Waals surface area contributed by atoms with E-state index in [1.807, 2.05) is 11.8 Å². The maximum absolute atomic E-state index is 2.35. The minimum absolute atomic E-state index is 0.524. The van der Waals surface area contributed by atoms with E-state index in [1.54, 1.807) is 0 Å². The van der Waals surface area contributed by atoms with Crippen molar-refractivity contribution < 1.29 is 0 Å². The first-order valence-electron chi connectivity index (χ1n) is 15.3. The quantitative estimate of drug-likeness (QED) is 0.147. The molecule has 0 aliphatic rings. The van der Waals surface area contributed by atoms with Crippen molar-refractivity contribution in [2.24, 2.45) is 0 Å². The maximum atomic E-state index is 2.35. The van der Waals surface area contributed by atoms with Crippen LogP contribution in [-0.4, -0.2) is 0 Å². The topological polar surface area (TPSA) is 0 Å². The average molecular weight is 575 g/mol. The van der Waals surface area contributed by atoms with Crippen molar-refractivity contribution >= 4 is 11.8 Å². The summed E-state index contributed by atoms with van der Waals surface area (Å²) in [5.41, 5.74) is 10.3. The van der Waals surface area contributed by atoms with Gasteiger partial charge in [0.05, 0.1) is 9.49 Å². The molecule has 0 spiro atoms. The molecule has 6 rings (SSSR count). The van der Waals surface area contributed by atoms with Crippen molar-refractivity contribution in [3.05, 3.63) is 214 Å². The highest BCUT2D eigenvalue weighted by Gasteiger charge is 2.48. The Morgan fingerprint density at radius 1 is 0.326 bits per heavy atom. The summed E-state index contributed by atoms with van der Waals surface area (Å²) < 4.78 is -1.05. The standard InChI is InChI=1S/C42H38S/c1-3-33-25-29-39(30-26-33)41(35-17-9-5-10-18-35,36-19-11-6-12-20-36)43-42(37-21-13-7-14-22-37,38-23-15-8-16-24-38)40-31-27-34(4-2)28-32-40/h5-32H,3-4H2,1-2H3. The second-order valence-corrected chi connectivity index (χ2v) is 12.5. The second-order valence-electron chi connectivity index (χ2n) is 11.0. The van der Waals surface area contributed by atoms with Gasteiger partial charge in [0, 0.05) is 0 Å². The van der Waals surface area contributed by atoms with Crippen molar-refractivity contribution in [3.63, 3.8) is 0 Å². The van der Waals surface area contributed by atoms with Gasteiger partial charge in [-0.3, -0.25) is 0 Å². The lowest BCUT2D eigenvalue weighted by atomic mass is 9.82. The fourth-order valence-electron chi connectivity index (χ4n) is 6.22. The first-order chi connectivity index (χ1) is 21.2. The van der Waals surface area contributed by atoms with Crippen molar-refractivity contribution in [1.82, 2.24) is 0 Å². The first kappa shape index (κ1) is 28.8. The number of benzene rings is 6. The van der Waals surface area contributed by atoms with Gasteiger partial charge in [0.2, 0.25) is 0 Å². The Morgan fingerprint density at radius 3 is 0.791 bits per heavy atom. The zero-order chi connectivity index (χ0) is 29.5. The number of rotatable bonds is 10. The van der Waals surface area contributed by atoms with E-state index in [9.17, 15) is 0 Å². The van der Waals surface area contributed by atoms with Gasteiger partial charge >= 0.3 is 0 Å². The Bertz CT molecular complexity index is 1500. The number of thioether (sulfide) groups is 1. The summed E-state index contributed by atoms with van der Waals surface area (Å²) in [6.45, 7) is 4.45. The Hall–Kier alpha value is -4.33. The number of hydrogen-bond donors (Lipinski definition) is 0. The van der Waals surface area contributed by atoms with Crippen molar-refractivity contribution in [2.75, 3.05) is 0 Å².